The van der Waals surface area contributed by atoms with E-state index in [2.05, 4.69) is 46.1 Å². The molecule has 1 aliphatic heterocycles. The first-order valence-electron chi connectivity index (χ1n) is 15.9. The summed E-state index contributed by atoms with van der Waals surface area (Å²) >= 11 is -1.85. The van der Waals surface area contributed by atoms with Crippen LogP contribution in [-0.2, 0) is 35.5 Å². The van der Waals surface area contributed by atoms with Crippen LogP contribution in [0.4, 0.5) is 4.79 Å². The molecule has 0 bridgehead atoms. The first-order valence-corrected chi connectivity index (χ1v) is 19.8. The predicted molar refractivity (Wildman–Crippen MR) is 170 cm³/mol. The lowest BCUT2D eigenvalue weighted by atomic mass is 9.99. The lowest BCUT2D eigenvalue weighted by Gasteiger charge is -2.38. The average molecular weight is 612 g/mol. The van der Waals surface area contributed by atoms with Crippen molar-refractivity contribution in [1.82, 2.24) is 5.32 Å². The van der Waals surface area contributed by atoms with Crippen molar-refractivity contribution in [3.8, 4) is 0 Å². The largest absolute Gasteiger partial charge is 0.445 e. The standard InChI is InChI=1S/C32H57NO6SSi/c1-7-8-9-10-11-12-13-14-15-16-17-21-24-29-30(39-40(35)38-29)28(26-37-41(5,6)32(2,3)4)33-31(34)36-25-27-22-19-18-20-23-27/h18-20,22-23,28-30H,7-17,21,24-26H2,1-6H3,(H,33,34)/t28-,29+,30+,40?/m0/s1. The molecule has 0 aliphatic carbocycles. The van der Waals surface area contributed by atoms with Crippen molar-refractivity contribution in [2.45, 2.75) is 154 Å². The van der Waals surface area contributed by atoms with Crippen LogP contribution in [0.3, 0.4) is 0 Å². The molecule has 1 aromatic carbocycles. The van der Waals surface area contributed by atoms with Crippen molar-refractivity contribution in [2.75, 3.05) is 6.61 Å². The Morgan fingerprint density at radius 3 is 2.05 bits per heavy atom. The number of nitrogens with one attached hydrogen (secondary N) is 1. The van der Waals surface area contributed by atoms with Crippen LogP contribution in [0.1, 0.15) is 117 Å². The van der Waals surface area contributed by atoms with Gasteiger partial charge < -0.3 is 14.5 Å². The topological polar surface area (TPSA) is 83.1 Å². The molecule has 2 rings (SSSR count). The normalized spacial score (nSPS) is 20.2. The minimum atomic E-state index is -2.10. The van der Waals surface area contributed by atoms with E-state index >= 15 is 0 Å². The summed E-state index contributed by atoms with van der Waals surface area (Å²) in [4.78, 5) is 12.8. The fraction of sp³-hybridized carbons (Fsp3) is 0.781. The number of hydrogen-bond donors (Lipinski definition) is 1. The van der Waals surface area contributed by atoms with Gasteiger partial charge in [-0.2, -0.15) is 4.21 Å². The lowest BCUT2D eigenvalue weighted by molar-refractivity contribution is 0.0713. The van der Waals surface area contributed by atoms with Crippen molar-refractivity contribution in [3.05, 3.63) is 35.9 Å². The summed E-state index contributed by atoms with van der Waals surface area (Å²) in [6.07, 6.45) is 14.5. The van der Waals surface area contributed by atoms with Crippen molar-refractivity contribution < 1.29 is 26.5 Å². The maximum atomic E-state index is 12.8. The third-order valence-corrected chi connectivity index (χ3v) is 13.7. The van der Waals surface area contributed by atoms with E-state index in [9.17, 15) is 9.00 Å². The van der Waals surface area contributed by atoms with Crippen molar-refractivity contribution in [1.29, 1.82) is 0 Å². The Balaban J connectivity index is 1.86. The number of unbranched alkanes of at least 4 members (excludes halogenated alkanes) is 11. The molecule has 0 radical (unpaired) electrons. The number of rotatable bonds is 20. The monoisotopic (exact) mass is 611 g/mol. The van der Waals surface area contributed by atoms with Crippen LogP contribution < -0.4 is 5.32 Å². The lowest BCUT2D eigenvalue weighted by Crippen LogP contribution is -2.53. The highest BCUT2D eigenvalue weighted by molar-refractivity contribution is 7.75. The Hall–Kier alpha value is -1.26. The van der Waals surface area contributed by atoms with Crippen LogP contribution in [0.2, 0.25) is 18.1 Å². The molecule has 1 fully saturated rings. The quantitative estimate of drug-likeness (QED) is 0.117. The second-order valence-corrected chi connectivity index (χ2v) is 18.6. The Labute approximate surface area is 253 Å². The van der Waals surface area contributed by atoms with Crippen molar-refractivity contribution in [3.63, 3.8) is 0 Å². The van der Waals surface area contributed by atoms with Gasteiger partial charge in [0.2, 0.25) is 0 Å². The minimum Gasteiger partial charge on any atom is -0.445 e. The molecule has 41 heavy (non-hydrogen) atoms. The van der Waals surface area contributed by atoms with Gasteiger partial charge in [0.25, 0.3) is 0 Å². The Morgan fingerprint density at radius 2 is 1.49 bits per heavy atom. The van der Waals surface area contributed by atoms with Crippen LogP contribution in [-0.4, -0.2) is 43.5 Å². The third kappa shape index (κ3) is 14.2. The van der Waals surface area contributed by atoms with Crippen molar-refractivity contribution in [2.24, 2.45) is 0 Å². The Morgan fingerprint density at radius 1 is 0.927 bits per heavy atom. The molecule has 1 heterocycles. The van der Waals surface area contributed by atoms with Crippen LogP contribution in [0.5, 0.6) is 0 Å². The SMILES string of the molecule is CCCCCCCCCCCCCC[C@H]1OS(=O)O[C@@H]1[C@H](CO[Si](C)(C)C(C)(C)C)NC(=O)OCc1ccccc1. The summed E-state index contributed by atoms with van der Waals surface area (Å²) in [5.74, 6) is 0. The molecule has 0 spiro atoms. The number of amides is 1. The molecule has 1 N–H and O–H groups in total. The van der Waals surface area contributed by atoms with Gasteiger partial charge in [-0.1, -0.05) is 135 Å². The van der Waals surface area contributed by atoms with Gasteiger partial charge in [0.1, 0.15) is 18.8 Å². The highest BCUT2D eigenvalue weighted by atomic mass is 32.2. The molecule has 4 atom stereocenters. The molecular formula is C32H57NO6SSi. The molecule has 1 amide bonds. The number of benzene rings is 1. The number of carbonyl (C=O) groups excluding carboxylic acids is 1. The van der Waals surface area contributed by atoms with E-state index in [-0.39, 0.29) is 24.4 Å². The molecule has 1 aliphatic rings. The summed E-state index contributed by atoms with van der Waals surface area (Å²) in [7, 11) is -2.10. The van der Waals surface area contributed by atoms with E-state index in [1.165, 1.54) is 64.2 Å². The number of hydrogen-bond acceptors (Lipinski definition) is 6. The first kappa shape index (κ1) is 35.9. The molecule has 0 aromatic heterocycles. The third-order valence-electron chi connectivity index (χ3n) is 8.44. The summed E-state index contributed by atoms with van der Waals surface area (Å²) in [6.45, 7) is 13.5. The van der Waals surface area contributed by atoms with E-state index in [1.54, 1.807) is 0 Å². The number of alkyl carbamates (subject to hydrolysis) is 1. The maximum Gasteiger partial charge on any atom is 0.407 e. The van der Waals surface area contributed by atoms with Gasteiger partial charge in [0.05, 0.1) is 12.6 Å². The van der Waals surface area contributed by atoms with Crippen LogP contribution >= 0.6 is 0 Å². The summed E-state index contributed by atoms with van der Waals surface area (Å²) < 4.78 is 35.7. The zero-order valence-corrected chi connectivity index (χ0v) is 28.4. The molecule has 1 aromatic rings. The molecule has 9 heteroatoms. The average Bonchev–Trinajstić information content (AvgIpc) is 3.30. The molecule has 1 unspecified atom stereocenters. The molecular weight excluding hydrogens is 555 g/mol. The molecule has 7 nitrogen and oxygen atoms in total. The molecule has 1 saturated heterocycles. The zero-order chi connectivity index (χ0) is 30.1. The first-order chi connectivity index (χ1) is 19.5. The predicted octanol–water partition coefficient (Wildman–Crippen LogP) is 8.76. The van der Waals surface area contributed by atoms with Gasteiger partial charge in [-0.15, -0.1) is 0 Å². The van der Waals surface area contributed by atoms with Gasteiger partial charge >= 0.3 is 17.5 Å². The van der Waals surface area contributed by atoms with E-state index in [1.807, 2.05) is 30.3 Å². The fourth-order valence-corrected chi connectivity index (χ4v) is 6.63. The Bertz CT molecular complexity index is 879. The van der Waals surface area contributed by atoms with Crippen molar-refractivity contribution >= 4 is 25.8 Å². The van der Waals surface area contributed by atoms with E-state index in [4.69, 9.17) is 17.5 Å². The molecule has 236 valence electrons. The van der Waals surface area contributed by atoms with E-state index in [0.717, 1.165) is 24.8 Å². The van der Waals surface area contributed by atoms with Gasteiger partial charge in [0.15, 0.2) is 8.32 Å². The summed E-state index contributed by atoms with van der Waals surface area (Å²) in [6, 6.07) is 9.02. The fourth-order valence-electron chi connectivity index (χ4n) is 4.71. The van der Waals surface area contributed by atoms with Crippen LogP contribution in [0.15, 0.2) is 30.3 Å². The number of carbonyl (C=O) groups is 1. The number of ether oxygens (including phenoxy) is 1. The summed E-state index contributed by atoms with van der Waals surface area (Å²) in [5.41, 5.74) is 0.906. The van der Waals surface area contributed by atoms with Gasteiger partial charge in [-0.25, -0.2) is 4.79 Å². The van der Waals surface area contributed by atoms with Crippen LogP contribution in [0, 0.1) is 0 Å². The second kappa shape index (κ2) is 19.1. The van der Waals surface area contributed by atoms with Gasteiger partial charge in [0, 0.05) is 0 Å². The Kier molecular flexibility index (Phi) is 16.7. The van der Waals surface area contributed by atoms with Gasteiger partial charge in [-0.3, -0.25) is 8.37 Å². The molecule has 0 saturated carbocycles. The smallest absolute Gasteiger partial charge is 0.407 e. The highest BCUT2D eigenvalue weighted by Gasteiger charge is 2.44. The highest BCUT2D eigenvalue weighted by Crippen LogP contribution is 2.37. The maximum absolute atomic E-state index is 12.8. The summed E-state index contributed by atoms with van der Waals surface area (Å²) in [5, 5.41) is 2.96. The van der Waals surface area contributed by atoms with Crippen LogP contribution in [0.25, 0.3) is 0 Å². The second-order valence-electron chi connectivity index (χ2n) is 13.0. The minimum absolute atomic E-state index is 0.00960. The van der Waals surface area contributed by atoms with E-state index < -0.39 is 37.9 Å². The van der Waals surface area contributed by atoms with Gasteiger partial charge in [-0.05, 0) is 30.1 Å². The zero-order valence-electron chi connectivity index (χ0n) is 26.6. The van der Waals surface area contributed by atoms with E-state index in [0.29, 0.717) is 0 Å².